The van der Waals surface area contributed by atoms with Crippen molar-refractivity contribution in [2.24, 2.45) is 0 Å². The lowest BCUT2D eigenvalue weighted by molar-refractivity contribution is 0.110. The van der Waals surface area contributed by atoms with Crippen molar-refractivity contribution < 1.29 is 9.47 Å². The zero-order valence-electron chi connectivity index (χ0n) is 11.7. The molecular formula is C15H24N2O2. The number of nitrogen functional groups attached to an aromatic ring is 1. The van der Waals surface area contributed by atoms with E-state index in [1.54, 1.807) is 0 Å². The SMILES string of the molecule is CCOc1ccc(CCNCC2CCCO2)cc1N. The lowest BCUT2D eigenvalue weighted by atomic mass is 10.1. The first kappa shape index (κ1) is 14.2. The first-order chi connectivity index (χ1) is 9.29. The minimum absolute atomic E-state index is 0.408. The highest BCUT2D eigenvalue weighted by molar-refractivity contribution is 5.54. The molecule has 1 aliphatic heterocycles. The summed E-state index contributed by atoms with van der Waals surface area (Å²) < 4.78 is 11.0. The highest BCUT2D eigenvalue weighted by Gasteiger charge is 2.14. The van der Waals surface area contributed by atoms with E-state index in [0.29, 0.717) is 12.7 Å². The molecule has 4 nitrogen and oxygen atoms in total. The third-order valence-corrected chi connectivity index (χ3v) is 3.36. The van der Waals surface area contributed by atoms with E-state index >= 15 is 0 Å². The van der Waals surface area contributed by atoms with Crippen molar-refractivity contribution in [3.8, 4) is 5.75 Å². The molecular weight excluding hydrogens is 240 g/mol. The molecule has 1 unspecified atom stereocenters. The molecule has 3 N–H and O–H groups in total. The fourth-order valence-corrected chi connectivity index (χ4v) is 2.34. The van der Waals surface area contributed by atoms with Gasteiger partial charge in [0, 0.05) is 13.2 Å². The molecule has 106 valence electrons. The van der Waals surface area contributed by atoms with Gasteiger partial charge in [0.05, 0.1) is 18.4 Å². The van der Waals surface area contributed by atoms with Gasteiger partial charge in [0.15, 0.2) is 0 Å². The van der Waals surface area contributed by atoms with Crippen molar-refractivity contribution in [3.63, 3.8) is 0 Å². The zero-order chi connectivity index (χ0) is 13.5. The molecule has 2 rings (SSSR count). The highest BCUT2D eigenvalue weighted by atomic mass is 16.5. The molecule has 0 saturated carbocycles. The second-order valence-electron chi connectivity index (χ2n) is 4.89. The van der Waals surface area contributed by atoms with Crippen LogP contribution in [0.2, 0.25) is 0 Å². The van der Waals surface area contributed by atoms with Crippen LogP contribution in [0.4, 0.5) is 5.69 Å². The van der Waals surface area contributed by atoms with Crippen LogP contribution in [0.5, 0.6) is 5.75 Å². The second-order valence-corrected chi connectivity index (χ2v) is 4.89. The number of hydrogen-bond acceptors (Lipinski definition) is 4. The van der Waals surface area contributed by atoms with Crippen molar-refractivity contribution in [2.75, 3.05) is 32.0 Å². The number of nitrogens with one attached hydrogen (secondary N) is 1. The topological polar surface area (TPSA) is 56.5 Å². The van der Waals surface area contributed by atoms with E-state index in [9.17, 15) is 0 Å². The summed E-state index contributed by atoms with van der Waals surface area (Å²) in [5.41, 5.74) is 7.90. The molecule has 1 aromatic carbocycles. The van der Waals surface area contributed by atoms with Crippen LogP contribution in [-0.2, 0) is 11.2 Å². The van der Waals surface area contributed by atoms with E-state index in [4.69, 9.17) is 15.2 Å². The van der Waals surface area contributed by atoms with Gasteiger partial charge in [0.2, 0.25) is 0 Å². The van der Waals surface area contributed by atoms with Gasteiger partial charge in [0.1, 0.15) is 5.75 Å². The van der Waals surface area contributed by atoms with Crippen molar-refractivity contribution >= 4 is 5.69 Å². The molecule has 1 aromatic rings. The summed E-state index contributed by atoms with van der Waals surface area (Å²) in [6.07, 6.45) is 3.76. The van der Waals surface area contributed by atoms with Gasteiger partial charge in [-0.25, -0.2) is 0 Å². The summed E-state index contributed by atoms with van der Waals surface area (Å²) in [6, 6.07) is 6.03. The van der Waals surface area contributed by atoms with Crippen LogP contribution in [0.3, 0.4) is 0 Å². The number of nitrogens with two attached hydrogens (primary N) is 1. The lowest BCUT2D eigenvalue weighted by Gasteiger charge is -2.11. The molecule has 1 saturated heterocycles. The molecule has 0 bridgehead atoms. The molecule has 0 radical (unpaired) electrons. The molecule has 1 heterocycles. The van der Waals surface area contributed by atoms with Crippen LogP contribution in [0.1, 0.15) is 25.3 Å². The predicted molar refractivity (Wildman–Crippen MR) is 77.6 cm³/mol. The average Bonchev–Trinajstić information content (AvgIpc) is 2.91. The van der Waals surface area contributed by atoms with Crippen LogP contribution in [0.15, 0.2) is 18.2 Å². The van der Waals surface area contributed by atoms with Crippen molar-refractivity contribution in [2.45, 2.75) is 32.3 Å². The maximum atomic E-state index is 5.95. The van der Waals surface area contributed by atoms with E-state index in [1.165, 1.54) is 18.4 Å². The van der Waals surface area contributed by atoms with Crippen molar-refractivity contribution in [3.05, 3.63) is 23.8 Å². The molecule has 0 spiro atoms. The second kappa shape index (κ2) is 7.36. The van der Waals surface area contributed by atoms with Crippen LogP contribution in [-0.4, -0.2) is 32.4 Å². The van der Waals surface area contributed by atoms with Gasteiger partial charge in [0.25, 0.3) is 0 Å². The standard InChI is InChI=1S/C15H24N2O2/c1-2-18-15-6-5-12(10-14(15)16)7-8-17-11-13-4-3-9-19-13/h5-6,10,13,17H,2-4,7-9,11,16H2,1H3. The van der Waals surface area contributed by atoms with Crippen molar-refractivity contribution in [1.29, 1.82) is 0 Å². The quantitative estimate of drug-likeness (QED) is 0.584. The van der Waals surface area contributed by atoms with Gasteiger partial charge in [-0.15, -0.1) is 0 Å². The number of hydrogen-bond donors (Lipinski definition) is 2. The van der Waals surface area contributed by atoms with E-state index in [0.717, 1.165) is 37.6 Å². The highest BCUT2D eigenvalue weighted by Crippen LogP contribution is 2.22. The molecule has 1 aliphatic rings. The smallest absolute Gasteiger partial charge is 0.142 e. The van der Waals surface area contributed by atoms with E-state index in [-0.39, 0.29) is 0 Å². The van der Waals surface area contributed by atoms with Gasteiger partial charge < -0.3 is 20.5 Å². The zero-order valence-corrected chi connectivity index (χ0v) is 11.7. The molecule has 0 aliphatic carbocycles. The van der Waals surface area contributed by atoms with E-state index in [2.05, 4.69) is 11.4 Å². The Morgan fingerprint density at radius 3 is 3.05 bits per heavy atom. The number of benzene rings is 1. The Morgan fingerprint density at radius 2 is 2.37 bits per heavy atom. The number of rotatable bonds is 7. The van der Waals surface area contributed by atoms with Gasteiger partial charge in [-0.3, -0.25) is 0 Å². The summed E-state index contributed by atoms with van der Waals surface area (Å²) in [4.78, 5) is 0. The molecule has 19 heavy (non-hydrogen) atoms. The van der Waals surface area contributed by atoms with Gasteiger partial charge >= 0.3 is 0 Å². The van der Waals surface area contributed by atoms with Crippen LogP contribution in [0.25, 0.3) is 0 Å². The molecule has 4 heteroatoms. The van der Waals surface area contributed by atoms with Gasteiger partial charge in [-0.2, -0.15) is 0 Å². The predicted octanol–water partition coefficient (Wildman–Crippen LogP) is 1.98. The summed E-state index contributed by atoms with van der Waals surface area (Å²) in [7, 11) is 0. The van der Waals surface area contributed by atoms with E-state index in [1.807, 2.05) is 19.1 Å². The summed E-state index contributed by atoms with van der Waals surface area (Å²) in [5, 5.41) is 3.44. The molecule has 0 aromatic heterocycles. The Labute approximate surface area is 115 Å². The largest absolute Gasteiger partial charge is 0.492 e. The molecule has 1 fully saturated rings. The van der Waals surface area contributed by atoms with Gasteiger partial charge in [-0.05, 0) is 50.4 Å². The fraction of sp³-hybridized carbons (Fsp3) is 0.600. The maximum absolute atomic E-state index is 5.95. The normalized spacial score (nSPS) is 18.7. The number of anilines is 1. The Balaban J connectivity index is 1.71. The third-order valence-electron chi connectivity index (χ3n) is 3.36. The third kappa shape index (κ3) is 4.40. The minimum atomic E-state index is 0.408. The van der Waals surface area contributed by atoms with Crippen LogP contribution >= 0.6 is 0 Å². The summed E-state index contributed by atoms with van der Waals surface area (Å²) >= 11 is 0. The first-order valence-corrected chi connectivity index (χ1v) is 7.13. The van der Waals surface area contributed by atoms with Crippen LogP contribution in [0, 0.1) is 0 Å². The first-order valence-electron chi connectivity index (χ1n) is 7.13. The monoisotopic (exact) mass is 264 g/mol. The lowest BCUT2D eigenvalue weighted by Crippen LogP contribution is -2.27. The van der Waals surface area contributed by atoms with E-state index < -0.39 is 0 Å². The van der Waals surface area contributed by atoms with Gasteiger partial charge in [-0.1, -0.05) is 6.07 Å². The Kier molecular flexibility index (Phi) is 5.48. The maximum Gasteiger partial charge on any atom is 0.142 e. The Bertz CT molecular complexity index is 390. The summed E-state index contributed by atoms with van der Waals surface area (Å²) in [5.74, 6) is 0.776. The van der Waals surface area contributed by atoms with Crippen LogP contribution < -0.4 is 15.8 Å². The fourth-order valence-electron chi connectivity index (χ4n) is 2.34. The minimum Gasteiger partial charge on any atom is -0.492 e. The van der Waals surface area contributed by atoms with Crippen molar-refractivity contribution in [1.82, 2.24) is 5.32 Å². The molecule has 0 amide bonds. The Morgan fingerprint density at radius 1 is 1.47 bits per heavy atom. The number of ether oxygens (including phenoxy) is 2. The average molecular weight is 264 g/mol. The summed E-state index contributed by atoms with van der Waals surface area (Å²) in [6.45, 7) is 5.43. The molecule has 1 atom stereocenters. The Hall–Kier alpha value is -1.26.